The van der Waals surface area contributed by atoms with Crippen LogP contribution in [0, 0.1) is 6.92 Å². The fraction of sp³-hybridized carbons (Fsp3) is 0.412. The number of hydrogen-bond acceptors (Lipinski definition) is 6. The smallest absolute Gasteiger partial charge is 0.239 e. The van der Waals surface area contributed by atoms with Crippen molar-refractivity contribution in [2.45, 2.75) is 50.4 Å². The first-order valence-corrected chi connectivity index (χ1v) is 8.71. The number of aromatic nitrogens is 5. The van der Waals surface area contributed by atoms with Crippen LogP contribution in [-0.4, -0.2) is 24.9 Å². The minimum absolute atomic E-state index is 0.0134. The second kappa shape index (κ2) is 6.39. The molecule has 0 amide bonds. The van der Waals surface area contributed by atoms with Crippen molar-refractivity contribution in [2.24, 2.45) is 0 Å². The van der Waals surface area contributed by atoms with E-state index in [9.17, 15) is 0 Å². The summed E-state index contributed by atoms with van der Waals surface area (Å²) in [6, 6.07) is 8.15. The third-order valence-electron chi connectivity index (χ3n) is 3.63. The molecule has 1 atom stereocenters. The van der Waals surface area contributed by atoms with Gasteiger partial charge in [-0.15, -0.1) is 10.2 Å². The molecule has 0 bridgehead atoms. The highest BCUT2D eigenvalue weighted by Crippen LogP contribution is 2.34. The normalized spacial score (nSPS) is 13.2. The standard InChI is InChI=1S/C17H21N5OS/c1-11-8-6-7-9-13(11)22-10-18-20-16(22)24-12(2)14-19-15(21-23-14)17(3,4)5/h6-10,12H,1-5H3/t12-/m1/s1. The Morgan fingerprint density at radius 2 is 1.96 bits per heavy atom. The van der Waals surface area contributed by atoms with E-state index in [1.165, 1.54) is 5.56 Å². The lowest BCUT2D eigenvalue weighted by atomic mass is 9.96. The highest BCUT2D eigenvalue weighted by atomic mass is 32.2. The monoisotopic (exact) mass is 343 g/mol. The molecule has 3 aromatic rings. The van der Waals surface area contributed by atoms with E-state index in [0.717, 1.165) is 10.8 Å². The summed E-state index contributed by atoms with van der Waals surface area (Å²) in [7, 11) is 0. The van der Waals surface area contributed by atoms with Crippen molar-refractivity contribution in [1.82, 2.24) is 24.9 Å². The van der Waals surface area contributed by atoms with E-state index >= 15 is 0 Å². The van der Waals surface area contributed by atoms with Gasteiger partial charge in [0.25, 0.3) is 0 Å². The molecule has 6 nitrogen and oxygen atoms in total. The second-order valence-corrected chi connectivity index (χ2v) is 8.04. The number of aryl methyl sites for hydroxylation is 1. The molecule has 0 aliphatic heterocycles. The third kappa shape index (κ3) is 3.36. The minimum Gasteiger partial charge on any atom is -0.338 e. The summed E-state index contributed by atoms with van der Waals surface area (Å²) in [5.41, 5.74) is 2.10. The molecule has 126 valence electrons. The average Bonchev–Trinajstić information content (AvgIpc) is 3.16. The van der Waals surface area contributed by atoms with E-state index in [2.05, 4.69) is 60.2 Å². The van der Waals surface area contributed by atoms with Crippen molar-refractivity contribution in [2.75, 3.05) is 0 Å². The molecule has 0 aliphatic rings. The SMILES string of the molecule is Cc1ccccc1-n1cnnc1S[C@H](C)c1nc(C(C)(C)C)no1. The lowest BCUT2D eigenvalue weighted by Crippen LogP contribution is -2.13. The summed E-state index contributed by atoms with van der Waals surface area (Å²) in [6.45, 7) is 10.3. The average molecular weight is 343 g/mol. The van der Waals surface area contributed by atoms with Crippen molar-refractivity contribution >= 4 is 11.8 Å². The molecule has 1 aromatic carbocycles. The maximum absolute atomic E-state index is 5.43. The molecular formula is C17H21N5OS. The topological polar surface area (TPSA) is 69.6 Å². The van der Waals surface area contributed by atoms with Gasteiger partial charge in [-0.3, -0.25) is 4.57 Å². The Labute approximate surface area is 145 Å². The van der Waals surface area contributed by atoms with Gasteiger partial charge < -0.3 is 4.52 Å². The van der Waals surface area contributed by atoms with Crippen LogP contribution in [0.1, 0.15) is 50.2 Å². The molecule has 0 spiro atoms. The summed E-state index contributed by atoms with van der Waals surface area (Å²) >= 11 is 1.55. The van der Waals surface area contributed by atoms with Crippen LogP contribution in [-0.2, 0) is 5.41 Å². The molecule has 0 N–H and O–H groups in total. The Hall–Kier alpha value is -2.15. The van der Waals surface area contributed by atoms with Crippen molar-refractivity contribution in [3.05, 3.63) is 47.9 Å². The van der Waals surface area contributed by atoms with Gasteiger partial charge in [0.05, 0.1) is 10.9 Å². The van der Waals surface area contributed by atoms with Gasteiger partial charge in [0, 0.05) is 5.41 Å². The Balaban J connectivity index is 1.84. The quantitative estimate of drug-likeness (QED) is 0.664. The van der Waals surface area contributed by atoms with Gasteiger partial charge in [0.1, 0.15) is 6.33 Å². The van der Waals surface area contributed by atoms with Gasteiger partial charge >= 0.3 is 0 Å². The van der Waals surface area contributed by atoms with Crippen LogP contribution in [0.15, 0.2) is 40.3 Å². The predicted octanol–water partition coefficient (Wildman–Crippen LogP) is 4.11. The molecule has 3 rings (SSSR count). The van der Waals surface area contributed by atoms with Crippen molar-refractivity contribution in [3.8, 4) is 5.69 Å². The zero-order chi connectivity index (χ0) is 17.3. The molecular weight excluding hydrogens is 322 g/mol. The summed E-state index contributed by atoms with van der Waals surface area (Å²) < 4.78 is 7.42. The van der Waals surface area contributed by atoms with Gasteiger partial charge in [-0.25, -0.2) is 0 Å². The van der Waals surface area contributed by atoms with Gasteiger partial charge in [-0.05, 0) is 25.5 Å². The summed E-state index contributed by atoms with van der Waals surface area (Å²) in [5.74, 6) is 1.31. The molecule has 2 aromatic heterocycles. The first-order valence-electron chi connectivity index (χ1n) is 7.83. The van der Waals surface area contributed by atoms with Crippen molar-refractivity contribution in [3.63, 3.8) is 0 Å². The highest BCUT2D eigenvalue weighted by Gasteiger charge is 2.24. The first kappa shape index (κ1) is 16.7. The van der Waals surface area contributed by atoms with E-state index in [0.29, 0.717) is 11.7 Å². The first-order chi connectivity index (χ1) is 11.4. The summed E-state index contributed by atoms with van der Waals surface area (Å²) in [5, 5.41) is 13.2. The zero-order valence-electron chi connectivity index (χ0n) is 14.5. The van der Waals surface area contributed by atoms with Crippen molar-refractivity contribution in [1.29, 1.82) is 0 Å². The van der Waals surface area contributed by atoms with E-state index in [4.69, 9.17) is 4.52 Å². The van der Waals surface area contributed by atoms with Crippen LogP contribution < -0.4 is 0 Å². The fourth-order valence-electron chi connectivity index (χ4n) is 2.22. The fourth-order valence-corrected chi connectivity index (χ4v) is 3.08. The van der Waals surface area contributed by atoms with E-state index in [1.54, 1.807) is 18.1 Å². The maximum atomic E-state index is 5.43. The zero-order valence-corrected chi connectivity index (χ0v) is 15.3. The van der Waals surface area contributed by atoms with E-state index < -0.39 is 0 Å². The Kier molecular flexibility index (Phi) is 4.45. The number of thioether (sulfide) groups is 1. The largest absolute Gasteiger partial charge is 0.338 e. The van der Waals surface area contributed by atoms with Gasteiger partial charge in [-0.1, -0.05) is 55.9 Å². The number of nitrogens with zero attached hydrogens (tertiary/aromatic N) is 5. The molecule has 0 saturated carbocycles. The molecule has 24 heavy (non-hydrogen) atoms. The Morgan fingerprint density at radius 1 is 1.21 bits per heavy atom. The molecule has 0 saturated heterocycles. The van der Waals surface area contributed by atoms with E-state index in [1.807, 2.05) is 23.6 Å². The van der Waals surface area contributed by atoms with Crippen LogP contribution in [0.5, 0.6) is 0 Å². The van der Waals surface area contributed by atoms with Crippen LogP contribution in [0.25, 0.3) is 5.69 Å². The maximum Gasteiger partial charge on any atom is 0.239 e. The molecule has 0 fully saturated rings. The van der Waals surface area contributed by atoms with Crippen LogP contribution in [0.4, 0.5) is 0 Å². The molecule has 0 aliphatic carbocycles. The number of para-hydroxylation sites is 1. The van der Waals surface area contributed by atoms with Gasteiger partial charge in [0.15, 0.2) is 11.0 Å². The van der Waals surface area contributed by atoms with E-state index in [-0.39, 0.29) is 10.7 Å². The van der Waals surface area contributed by atoms with Crippen LogP contribution in [0.2, 0.25) is 0 Å². The molecule has 0 unspecified atom stereocenters. The van der Waals surface area contributed by atoms with Crippen LogP contribution in [0.3, 0.4) is 0 Å². The minimum atomic E-state index is -0.132. The Bertz CT molecular complexity index is 833. The van der Waals surface area contributed by atoms with Gasteiger partial charge in [0.2, 0.25) is 5.89 Å². The molecule has 2 heterocycles. The molecule has 7 heteroatoms. The predicted molar refractivity (Wildman–Crippen MR) is 93.4 cm³/mol. The summed E-state index contributed by atoms with van der Waals surface area (Å²) in [4.78, 5) is 4.53. The lowest BCUT2D eigenvalue weighted by molar-refractivity contribution is 0.364. The van der Waals surface area contributed by atoms with Gasteiger partial charge in [-0.2, -0.15) is 4.98 Å². The number of hydrogen-bond donors (Lipinski definition) is 0. The number of benzene rings is 1. The van der Waals surface area contributed by atoms with Crippen LogP contribution >= 0.6 is 11.8 Å². The lowest BCUT2D eigenvalue weighted by Gasteiger charge is -2.12. The summed E-state index contributed by atoms with van der Waals surface area (Å²) in [6.07, 6.45) is 1.73. The third-order valence-corrected chi connectivity index (χ3v) is 4.68. The second-order valence-electron chi connectivity index (χ2n) is 6.74. The highest BCUT2D eigenvalue weighted by molar-refractivity contribution is 7.99. The van der Waals surface area contributed by atoms with Crippen molar-refractivity contribution < 1.29 is 4.52 Å². The number of rotatable bonds is 4. The molecule has 0 radical (unpaired) electrons. The Morgan fingerprint density at radius 3 is 2.62 bits per heavy atom.